The average molecular weight is 215 g/mol. The van der Waals surface area contributed by atoms with Gasteiger partial charge in [0.25, 0.3) is 0 Å². The largest absolute Gasteiger partial charge is 0.480 e. The smallest absolute Gasteiger partial charge is 0.323 e. The van der Waals surface area contributed by atoms with Crippen molar-refractivity contribution in [3.8, 4) is 0 Å². The monoisotopic (exact) mass is 215 g/mol. The molecule has 1 unspecified atom stereocenters. The van der Waals surface area contributed by atoms with Crippen LogP contribution in [0, 0.1) is 5.92 Å². The minimum absolute atomic E-state index is 0.266. The molecule has 0 spiro atoms. The third-order valence-corrected chi connectivity index (χ3v) is 3.01. The van der Waals surface area contributed by atoms with E-state index in [4.69, 9.17) is 9.84 Å². The van der Waals surface area contributed by atoms with Gasteiger partial charge < -0.3 is 15.2 Å². The lowest BCUT2D eigenvalue weighted by Crippen LogP contribution is -2.38. The van der Waals surface area contributed by atoms with Crippen LogP contribution in [0.5, 0.6) is 0 Å². The van der Waals surface area contributed by atoms with E-state index in [0.717, 1.165) is 0 Å². The van der Waals surface area contributed by atoms with Crippen LogP contribution in [0.15, 0.2) is 0 Å². The van der Waals surface area contributed by atoms with Gasteiger partial charge in [0.2, 0.25) is 0 Å². The Morgan fingerprint density at radius 1 is 1.47 bits per heavy atom. The second-order valence-electron chi connectivity index (χ2n) is 4.22. The second-order valence-corrected chi connectivity index (χ2v) is 4.22. The first-order chi connectivity index (χ1) is 7.24. The molecule has 1 atom stereocenters. The van der Waals surface area contributed by atoms with E-state index >= 15 is 0 Å². The molecule has 0 amide bonds. The van der Waals surface area contributed by atoms with E-state index in [-0.39, 0.29) is 6.61 Å². The number of carbonyl (C=O) groups is 1. The Hall–Kier alpha value is -0.610. The normalized spacial score (nSPS) is 20.1. The number of ether oxygens (including phenoxy) is 1. The Bertz CT molecular complexity index is 190. The molecule has 0 aromatic rings. The predicted molar refractivity (Wildman–Crippen MR) is 57.9 cm³/mol. The van der Waals surface area contributed by atoms with Crippen molar-refractivity contribution in [3.63, 3.8) is 0 Å². The minimum Gasteiger partial charge on any atom is -0.480 e. The third kappa shape index (κ3) is 4.62. The van der Waals surface area contributed by atoms with Gasteiger partial charge in [-0.25, -0.2) is 0 Å². The summed E-state index contributed by atoms with van der Waals surface area (Å²) in [4.78, 5) is 10.7. The lowest BCUT2D eigenvalue weighted by atomic mass is 9.90. The van der Waals surface area contributed by atoms with E-state index in [2.05, 4.69) is 5.32 Å². The Kier molecular flexibility index (Phi) is 5.65. The molecule has 1 aliphatic carbocycles. The van der Waals surface area contributed by atoms with Gasteiger partial charge in [0.1, 0.15) is 6.04 Å². The molecule has 1 fully saturated rings. The topological polar surface area (TPSA) is 58.6 Å². The van der Waals surface area contributed by atoms with E-state index < -0.39 is 12.0 Å². The predicted octanol–water partition coefficient (Wildman–Crippen LogP) is 1.26. The van der Waals surface area contributed by atoms with Crippen LogP contribution >= 0.6 is 0 Å². The highest BCUT2D eigenvalue weighted by Gasteiger charge is 2.17. The van der Waals surface area contributed by atoms with Gasteiger partial charge in [-0.05, 0) is 25.8 Å². The molecule has 1 saturated carbocycles. The highest BCUT2D eigenvalue weighted by atomic mass is 16.5. The fourth-order valence-corrected chi connectivity index (χ4v) is 1.98. The summed E-state index contributed by atoms with van der Waals surface area (Å²) in [5.41, 5.74) is 0. The maximum atomic E-state index is 10.7. The molecule has 1 rings (SSSR count). The van der Waals surface area contributed by atoms with Crippen LogP contribution in [0.1, 0.15) is 32.1 Å². The van der Waals surface area contributed by atoms with Crippen molar-refractivity contribution in [2.75, 3.05) is 20.3 Å². The second kappa shape index (κ2) is 6.80. The molecule has 0 bridgehead atoms. The van der Waals surface area contributed by atoms with E-state index in [9.17, 15) is 4.79 Å². The van der Waals surface area contributed by atoms with Gasteiger partial charge in [0.05, 0.1) is 6.61 Å². The molecule has 88 valence electrons. The van der Waals surface area contributed by atoms with Gasteiger partial charge in [-0.3, -0.25) is 4.79 Å². The molecule has 15 heavy (non-hydrogen) atoms. The fraction of sp³-hybridized carbons (Fsp3) is 0.909. The molecule has 4 nitrogen and oxygen atoms in total. The number of hydrogen-bond donors (Lipinski definition) is 2. The number of carboxylic acid groups (broad SMARTS) is 1. The van der Waals surface area contributed by atoms with Gasteiger partial charge in [-0.1, -0.05) is 19.3 Å². The summed E-state index contributed by atoms with van der Waals surface area (Å²) >= 11 is 0. The van der Waals surface area contributed by atoms with E-state index in [1.165, 1.54) is 32.1 Å². The molecule has 0 aromatic heterocycles. The standard InChI is InChI=1S/C11H21NO3/c1-12-10(11(13)14)8-15-7-9-5-3-2-4-6-9/h9-10,12H,2-8H2,1H3,(H,13,14). The maximum absolute atomic E-state index is 10.7. The first-order valence-corrected chi connectivity index (χ1v) is 5.72. The van der Waals surface area contributed by atoms with Crippen molar-refractivity contribution in [3.05, 3.63) is 0 Å². The van der Waals surface area contributed by atoms with Gasteiger partial charge in [0.15, 0.2) is 0 Å². The van der Waals surface area contributed by atoms with Crippen LogP contribution in [0.25, 0.3) is 0 Å². The van der Waals surface area contributed by atoms with Crippen LogP contribution in [0.2, 0.25) is 0 Å². The first kappa shape index (κ1) is 12.5. The lowest BCUT2D eigenvalue weighted by molar-refractivity contribution is -0.141. The number of likely N-dealkylation sites (N-methyl/N-ethyl adjacent to an activating group) is 1. The SMILES string of the molecule is CNC(COCC1CCCCC1)C(=O)O. The van der Waals surface area contributed by atoms with Crippen molar-refractivity contribution in [2.45, 2.75) is 38.1 Å². The Morgan fingerprint density at radius 2 is 2.13 bits per heavy atom. The third-order valence-electron chi connectivity index (χ3n) is 3.01. The summed E-state index contributed by atoms with van der Waals surface area (Å²) in [6.45, 7) is 0.980. The number of hydrogen-bond acceptors (Lipinski definition) is 3. The zero-order chi connectivity index (χ0) is 11.1. The van der Waals surface area contributed by atoms with Gasteiger partial charge >= 0.3 is 5.97 Å². The zero-order valence-electron chi connectivity index (χ0n) is 9.37. The van der Waals surface area contributed by atoms with E-state index in [1.54, 1.807) is 7.05 Å². The molecule has 0 heterocycles. The van der Waals surface area contributed by atoms with Crippen LogP contribution in [-0.2, 0) is 9.53 Å². The van der Waals surface area contributed by atoms with Crippen molar-refractivity contribution in [1.29, 1.82) is 0 Å². The maximum Gasteiger partial charge on any atom is 0.323 e. The molecule has 1 aliphatic rings. The number of aliphatic carboxylic acids is 1. The van der Waals surface area contributed by atoms with Crippen LogP contribution in [0.3, 0.4) is 0 Å². The van der Waals surface area contributed by atoms with Crippen molar-refractivity contribution in [1.82, 2.24) is 5.32 Å². The van der Waals surface area contributed by atoms with E-state index in [1.807, 2.05) is 0 Å². The van der Waals surface area contributed by atoms with Crippen molar-refractivity contribution < 1.29 is 14.6 Å². The van der Waals surface area contributed by atoms with Crippen LogP contribution in [-0.4, -0.2) is 37.4 Å². The summed E-state index contributed by atoms with van der Waals surface area (Å²) in [6.07, 6.45) is 6.39. The Balaban J connectivity index is 2.11. The van der Waals surface area contributed by atoms with Crippen LogP contribution in [0.4, 0.5) is 0 Å². The molecule has 4 heteroatoms. The molecular formula is C11H21NO3. The number of nitrogens with one attached hydrogen (secondary N) is 1. The summed E-state index contributed by atoms with van der Waals surface area (Å²) < 4.78 is 5.44. The summed E-state index contributed by atoms with van der Waals surface area (Å²) in [5, 5.41) is 11.5. The fourth-order valence-electron chi connectivity index (χ4n) is 1.98. The van der Waals surface area contributed by atoms with Crippen LogP contribution < -0.4 is 5.32 Å². The Labute approximate surface area is 91.0 Å². The Morgan fingerprint density at radius 3 is 2.67 bits per heavy atom. The quantitative estimate of drug-likeness (QED) is 0.700. The summed E-state index contributed by atoms with van der Waals surface area (Å²) in [6, 6.07) is -0.575. The first-order valence-electron chi connectivity index (χ1n) is 5.72. The average Bonchev–Trinajstić information content (AvgIpc) is 2.25. The minimum atomic E-state index is -0.846. The van der Waals surface area contributed by atoms with E-state index in [0.29, 0.717) is 12.5 Å². The summed E-state index contributed by atoms with van der Waals surface area (Å²) in [7, 11) is 1.64. The zero-order valence-corrected chi connectivity index (χ0v) is 9.37. The molecular weight excluding hydrogens is 194 g/mol. The van der Waals surface area contributed by atoms with Crippen molar-refractivity contribution >= 4 is 5.97 Å². The highest BCUT2D eigenvalue weighted by molar-refractivity contribution is 5.73. The number of carboxylic acids is 1. The summed E-state index contributed by atoms with van der Waals surface area (Å²) in [5.74, 6) is -0.203. The van der Waals surface area contributed by atoms with Crippen molar-refractivity contribution in [2.24, 2.45) is 5.92 Å². The lowest BCUT2D eigenvalue weighted by Gasteiger charge is -2.22. The highest BCUT2D eigenvalue weighted by Crippen LogP contribution is 2.23. The van der Waals surface area contributed by atoms with Gasteiger partial charge in [-0.15, -0.1) is 0 Å². The van der Waals surface area contributed by atoms with Gasteiger partial charge in [0, 0.05) is 6.61 Å². The van der Waals surface area contributed by atoms with Gasteiger partial charge in [-0.2, -0.15) is 0 Å². The number of rotatable bonds is 6. The molecule has 0 aliphatic heterocycles. The molecule has 0 saturated heterocycles. The molecule has 0 radical (unpaired) electrons. The molecule has 2 N–H and O–H groups in total. The molecule has 0 aromatic carbocycles.